The van der Waals surface area contributed by atoms with Crippen LogP contribution < -0.4 is 4.74 Å². The molecule has 0 N–H and O–H groups in total. The predicted octanol–water partition coefficient (Wildman–Crippen LogP) is 4.45. The Hall–Kier alpha value is -0.970. The van der Waals surface area contributed by atoms with Gasteiger partial charge in [-0.05, 0) is 40.5 Å². The van der Waals surface area contributed by atoms with Crippen LogP contribution in [0.2, 0.25) is 0 Å². The molecule has 0 saturated heterocycles. The lowest BCUT2D eigenvalue weighted by Gasteiger charge is -2.12. The highest BCUT2D eigenvalue weighted by molar-refractivity contribution is 9.10. The molecule has 5 heteroatoms. The number of hydrogen-bond donors (Lipinski definition) is 0. The second-order valence-electron chi connectivity index (χ2n) is 3.08. The largest absolute Gasteiger partial charge is 0.573 e. The fraction of sp³-hybridized carbons (Fsp3) is 0.182. The first-order valence-electron chi connectivity index (χ1n) is 4.34. The first-order chi connectivity index (χ1) is 7.33. The summed E-state index contributed by atoms with van der Waals surface area (Å²) in [6.45, 7) is 7.33. The van der Waals surface area contributed by atoms with Crippen molar-refractivity contribution in [3.05, 3.63) is 47.8 Å². The number of hydrogen-bond acceptors (Lipinski definition) is 1. The average Bonchev–Trinajstić information content (AvgIpc) is 2.18. The predicted molar refractivity (Wildman–Crippen MR) is 59.1 cm³/mol. The van der Waals surface area contributed by atoms with Gasteiger partial charge in [0, 0.05) is 5.92 Å². The molecule has 0 aliphatic carbocycles. The second kappa shape index (κ2) is 4.91. The summed E-state index contributed by atoms with van der Waals surface area (Å²) in [5, 5.41) is 0. The van der Waals surface area contributed by atoms with E-state index in [1.54, 1.807) is 6.08 Å². The highest BCUT2D eigenvalue weighted by Crippen LogP contribution is 2.32. The number of allylic oxidation sites excluding steroid dienone is 1. The van der Waals surface area contributed by atoms with E-state index in [0.717, 1.165) is 5.56 Å². The number of alkyl halides is 3. The maximum absolute atomic E-state index is 12.0. The maximum Gasteiger partial charge on any atom is 0.573 e. The Kier molecular flexibility index (Phi) is 4.02. The lowest BCUT2D eigenvalue weighted by Crippen LogP contribution is -2.17. The number of halogens is 4. The summed E-state index contributed by atoms with van der Waals surface area (Å²) >= 11 is 3.01. The normalized spacial score (nSPS) is 13.3. The van der Waals surface area contributed by atoms with Gasteiger partial charge in [-0.3, -0.25) is 0 Å². The minimum absolute atomic E-state index is 0.170. The van der Waals surface area contributed by atoms with Gasteiger partial charge in [-0.15, -0.1) is 19.8 Å². The summed E-state index contributed by atoms with van der Waals surface area (Å²) in [5.74, 6) is -0.441. The van der Waals surface area contributed by atoms with Gasteiger partial charge >= 0.3 is 6.36 Å². The highest BCUT2D eigenvalue weighted by Gasteiger charge is 2.31. The van der Waals surface area contributed by atoms with E-state index in [0.29, 0.717) is 0 Å². The number of benzene rings is 1. The van der Waals surface area contributed by atoms with Gasteiger partial charge in [-0.25, -0.2) is 0 Å². The standard InChI is InChI=1S/C11H9BrF3O/c1-3-7(2)8-4-5-10(9(12)6-8)16-11(13,14)15/h3-7H,1-2H2. The maximum atomic E-state index is 12.0. The van der Waals surface area contributed by atoms with Gasteiger partial charge in [-0.2, -0.15) is 0 Å². The van der Waals surface area contributed by atoms with E-state index < -0.39 is 6.36 Å². The Balaban J connectivity index is 2.96. The van der Waals surface area contributed by atoms with Crippen LogP contribution in [0.15, 0.2) is 35.3 Å². The van der Waals surface area contributed by atoms with Crippen molar-refractivity contribution in [2.75, 3.05) is 0 Å². The van der Waals surface area contributed by atoms with Crippen LogP contribution in [0.3, 0.4) is 0 Å². The Morgan fingerprint density at radius 2 is 2.00 bits per heavy atom. The molecule has 0 aromatic heterocycles. The SMILES string of the molecule is [CH2]C(C=C)c1ccc(OC(F)(F)F)c(Br)c1. The molecule has 0 heterocycles. The summed E-state index contributed by atoms with van der Waals surface area (Å²) < 4.78 is 40.0. The molecule has 0 aliphatic rings. The summed E-state index contributed by atoms with van der Waals surface area (Å²) in [7, 11) is 0. The van der Waals surface area contributed by atoms with Gasteiger partial charge in [0.25, 0.3) is 0 Å². The molecule has 0 spiro atoms. The van der Waals surface area contributed by atoms with Gasteiger partial charge in [0.1, 0.15) is 5.75 Å². The van der Waals surface area contributed by atoms with E-state index in [9.17, 15) is 13.2 Å². The van der Waals surface area contributed by atoms with Crippen LogP contribution in [0.5, 0.6) is 5.75 Å². The Morgan fingerprint density at radius 1 is 1.38 bits per heavy atom. The molecular weight excluding hydrogens is 285 g/mol. The molecule has 1 rings (SSSR count). The molecule has 1 aromatic rings. The summed E-state index contributed by atoms with van der Waals surface area (Å²) in [4.78, 5) is 0. The van der Waals surface area contributed by atoms with Crippen molar-refractivity contribution in [1.29, 1.82) is 0 Å². The Morgan fingerprint density at radius 3 is 2.44 bits per heavy atom. The van der Waals surface area contributed by atoms with E-state index in [4.69, 9.17) is 0 Å². The summed E-state index contributed by atoms with van der Waals surface area (Å²) in [6, 6.07) is 4.29. The fourth-order valence-corrected chi connectivity index (χ4v) is 1.57. The number of ether oxygens (including phenoxy) is 1. The molecule has 0 bridgehead atoms. The van der Waals surface area contributed by atoms with Crippen molar-refractivity contribution in [1.82, 2.24) is 0 Å². The zero-order valence-electron chi connectivity index (χ0n) is 8.22. The van der Waals surface area contributed by atoms with Crippen LogP contribution in [-0.2, 0) is 0 Å². The zero-order valence-corrected chi connectivity index (χ0v) is 9.81. The Bertz CT molecular complexity index is 387. The summed E-state index contributed by atoms with van der Waals surface area (Å²) in [6.07, 6.45) is -3.08. The van der Waals surface area contributed by atoms with E-state index in [2.05, 4.69) is 34.2 Å². The van der Waals surface area contributed by atoms with Crippen LogP contribution in [0, 0.1) is 6.92 Å². The monoisotopic (exact) mass is 293 g/mol. The molecule has 87 valence electrons. The lowest BCUT2D eigenvalue weighted by atomic mass is 10.0. The van der Waals surface area contributed by atoms with Crippen molar-refractivity contribution in [3.8, 4) is 5.75 Å². The van der Waals surface area contributed by atoms with E-state index >= 15 is 0 Å². The Labute approximate surface area is 100 Å². The second-order valence-corrected chi connectivity index (χ2v) is 3.93. The third-order valence-electron chi connectivity index (χ3n) is 1.89. The van der Waals surface area contributed by atoms with E-state index in [1.165, 1.54) is 18.2 Å². The minimum atomic E-state index is -4.69. The van der Waals surface area contributed by atoms with Crippen molar-refractivity contribution >= 4 is 15.9 Å². The van der Waals surface area contributed by atoms with Gasteiger partial charge < -0.3 is 4.74 Å². The van der Waals surface area contributed by atoms with E-state index in [-0.39, 0.29) is 16.1 Å². The number of rotatable bonds is 3. The molecule has 1 radical (unpaired) electrons. The lowest BCUT2D eigenvalue weighted by molar-refractivity contribution is -0.274. The van der Waals surface area contributed by atoms with Crippen molar-refractivity contribution in [2.24, 2.45) is 0 Å². The molecule has 1 atom stereocenters. The quantitative estimate of drug-likeness (QED) is 0.748. The van der Waals surface area contributed by atoms with Crippen LogP contribution in [0.1, 0.15) is 11.5 Å². The highest BCUT2D eigenvalue weighted by atomic mass is 79.9. The minimum Gasteiger partial charge on any atom is -0.405 e. The average molecular weight is 294 g/mol. The zero-order chi connectivity index (χ0) is 12.3. The van der Waals surface area contributed by atoms with Crippen molar-refractivity contribution in [3.63, 3.8) is 0 Å². The topological polar surface area (TPSA) is 9.23 Å². The smallest absolute Gasteiger partial charge is 0.405 e. The third-order valence-corrected chi connectivity index (χ3v) is 2.51. The van der Waals surface area contributed by atoms with E-state index in [1.807, 2.05) is 0 Å². The van der Waals surface area contributed by atoms with Crippen molar-refractivity contribution in [2.45, 2.75) is 12.3 Å². The molecule has 0 saturated carbocycles. The molecule has 1 nitrogen and oxygen atoms in total. The van der Waals surface area contributed by atoms with Crippen LogP contribution >= 0.6 is 15.9 Å². The van der Waals surface area contributed by atoms with Gasteiger partial charge in [-0.1, -0.05) is 12.1 Å². The van der Waals surface area contributed by atoms with Crippen LogP contribution in [0.4, 0.5) is 13.2 Å². The molecular formula is C11H9BrF3O. The van der Waals surface area contributed by atoms with Crippen LogP contribution in [-0.4, -0.2) is 6.36 Å². The molecule has 0 fully saturated rings. The van der Waals surface area contributed by atoms with Crippen LogP contribution in [0.25, 0.3) is 0 Å². The first kappa shape index (κ1) is 13.1. The molecule has 16 heavy (non-hydrogen) atoms. The molecule has 0 amide bonds. The first-order valence-corrected chi connectivity index (χ1v) is 5.13. The van der Waals surface area contributed by atoms with Gasteiger partial charge in [0.05, 0.1) is 4.47 Å². The van der Waals surface area contributed by atoms with Gasteiger partial charge in [0.2, 0.25) is 0 Å². The van der Waals surface area contributed by atoms with Gasteiger partial charge in [0.15, 0.2) is 0 Å². The fourth-order valence-electron chi connectivity index (χ4n) is 1.09. The third kappa shape index (κ3) is 3.56. The van der Waals surface area contributed by atoms with Crippen molar-refractivity contribution < 1.29 is 17.9 Å². The molecule has 1 unspecified atom stereocenters. The summed E-state index contributed by atoms with van der Waals surface area (Å²) in [5.41, 5.74) is 0.761. The molecule has 0 aliphatic heterocycles. The molecule has 1 aromatic carbocycles.